The van der Waals surface area contributed by atoms with Crippen molar-refractivity contribution in [2.45, 2.75) is 64.2 Å². The number of sulfonamides is 1. The fourth-order valence-electron chi connectivity index (χ4n) is 5.28. The summed E-state index contributed by atoms with van der Waals surface area (Å²) < 4.78 is 31.9. The molecule has 2 aliphatic rings. The van der Waals surface area contributed by atoms with E-state index in [0.29, 0.717) is 24.4 Å². The summed E-state index contributed by atoms with van der Waals surface area (Å²) in [6.45, 7) is 2.15. The van der Waals surface area contributed by atoms with Crippen LogP contribution in [0, 0.1) is 11.8 Å². The van der Waals surface area contributed by atoms with Crippen LogP contribution in [0.5, 0.6) is 0 Å². The number of hydrogen-bond donors (Lipinski definition) is 1. The zero-order valence-electron chi connectivity index (χ0n) is 17.3. The van der Waals surface area contributed by atoms with Gasteiger partial charge in [0.2, 0.25) is 0 Å². The lowest BCUT2D eigenvalue weighted by Crippen LogP contribution is -2.18. The molecule has 0 unspecified atom stereocenters. The topological polar surface area (TPSA) is 105 Å². The Labute approximate surface area is 176 Å². The first-order valence-electron chi connectivity index (χ1n) is 11.0. The average Bonchev–Trinajstić information content (AvgIpc) is 3.44. The van der Waals surface area contributed by atoms with Crippen LogP contribution in [-0.4, -0.2) is 44.4 Å². The fourth-order valence-corrected chi connectivity index (χ4v) is 6.82. The maximum Gasteiger partial charge on any atom is 0.253 e. The van der Waals surface area contributed by atoms with E-state index in [4.69, 9.17) is 0 Å². The van der Waals surface area contributed by atoms with Crippen LogP contribution < -0.4 is 0 Å². The Morgan fingerprint density at radius 2 is 2.03 bits per heavy atom. The summed E-state index contributed by atoms with van der Waals surface area (Å²) in [6.07, 6.45) is 11.4. The largest absolute Gasteiger partial charge is 0.345 e. The highest BCUT2D eigenvalue weighted by Crippen LogP contribution is 2.40. The number of nitrogens with one attached hydrogen (secondary N) is 1. The summed E-state index contributed by atoms with van der Waals surface area (Å²) in [5.74, 6) is 1.75. The minimum Gasteiger partial charge on any atom is -0.345 e. The number of hydrogen-bond acceptors (Lipinski definition) is 5. The maximum absolute atomic E-state index is 12.8. The van der Waals surface area contributed by atoms with E-state index in [1.807, 2.05) is 16.7 Å². The van der Waals surface area contributed by atoms with E-state index in [1.54, 1.807) is 6.20 Å². The number of aromatic amines is 1. The number of rotatable bonds is 5. The van der Waals surface area contributed by atoms with Gasteiger partial charge in [-0.25, -0.2) is 13.4 Å². The molecule has 2 saturated carbocycles. The van der Waals surface area contributed by atoms with E-state index in [9.17, 15) is 8.42 Å². The quantitative estimate of drug-likeness (QED) is 0.664. The molecule has 160 valence electrons. The van der Waals surface area contributed by atoms with Crippen LogP contribution in [0.2, 0.25) is 0 Å². The predicted octanol–water partition coefficient (Wildman–Crippen LogP) is 3.86. The molecule has 3 aromatic heterocycles. The second-order valence-electron chi connectivity index (χ2n) is 8.81. The minimum atomic E-state index is -3.43. The highest BCUT2D eigenvalue weighted by Gasteiger charge is 2.36. The number of aromatic nitrogens is 5. The van der Waals surface area contributed by atoms with E-state index in [2.05, 4.69) is 31.5 Å². The average molecular weight is 429 g/mol. The van der Waals surface area contributed by atoms with E-state index in [1.165, 1.54) is 6.42 Å². The molecule has 30 heavy (non-hydrogen) atoms. The van der Waals surface area contributed by atoms with Crippen LogP contribution in [0.4, 0.5) is 0 Å². The summed E-state index contributed by atoms with van der Waals surface area (Å²) in [6, 6.07) is 1.97. The lowest BCUT2D eigenvalue weighted by atomic mass is 9.91. The first-order chi connectivity index (χ1) is 14.5. The molecule has 0 aliphatic heterocycles. The molecule has 5 rings (SSSR count). The molecule has 8 nitrogen and oxygen atoms in total. The summed E-state index contributed by atoms with van der Waals surface area (Å²) in [4.78, 5) is 7.52. The van der Waals surface area contributed by atoms with Gasteiger partial charge < -0.3 is 4.98 Å². The number of nitrogens with zero attached hydrogens (tertiary/aromatic N) is 5. The molecule has 3 aromatic rings. The number of fused-ring (bicyclic) bond motifs is 3. The van der Waals surface area contributed by atoms with Gasteiger partial charge in [0, 0.05) is 17.8 Å². The molecule has 0 saturated heterocycles. The Morgan fingerprint density at radius 1 is 1.20 bits per heavy atom. The van der Waals surface area contributed by atoms with Gasteiger partial charge in [-0.05, 0) is 43.6 Å². The van der Waals surface area contributed by atoms with E-state index >= 15 is 0 Å². The van der Waals surface area contributed by atoms with Crippen LogP contribution in [-0.2, 0) is 10.0 Å². The first-order valence-corrected chi connectivity index (χ1v) is 12.6. The van der Waals surface area contributed by atoms with Crippen molar-refractivity contribution in [3.63, 3.8) is 0 Å². The molecule has 2 fully saturated rings. The highest BCUT2D eigenvalue weighted by molar-refractivity contribution is 7.90. The van der Waals surface area contributed by atoms with Crippen LogP contribution in [0.15, 0.2) is 22.9 Å². The van der Waals surface area contributed by atoms with Crippen molar-refractivity contribution in [1.82, 2.24) is 24.6 Å². The predicted molar refractivity (Wildman–Crippen MR) is 116 cm³/mol. The zero-order valence-corrected chi connectivity index (χ0v) is 18.1. The van der Waals surface area contributed by atoms with Crippen molar-refractivity contribution >= 4 is 32.5 Å². The third kappa shape index (κ3) is 3.64. The normalized spacial score (nSPS) is 25.0. The minimum absolute atomic E-state index is 0.106. The van der Waals surface area contributed by atoms with Gasteiger partial charge >= 0.3 is 0 Å². The van der Waals surface area contributed by atoms with E-state index in [0.717, 1.165) is 54.8 Å². The van der Waals surface area contributed by atoms with Gasteiger partial charge in [0.25, 0.3) is 10.0 Å². The van der Waals surface area contributed by atoms with Gasteiger partial charge in [-0.3, -0.25) is 4.40 Å². The lowest BCUT2D eigenvalue weighted by Gasteiger charge is -2.20. The molecule has 0 amide bonds. The van der Waals surface area contributed by atoms with Crippen LogP contribution in [0.1, 0.15) is 70.0 Å². The Balaban J connectivity index is 1.44. The highest BCUT2D eigenvalue weighted by atomic mass is 32.2. The Hall–Kier alpha value is -2.29. The summed E-state index contributed by atoms with van der Waals surface area (Å²) >= 11 is 0. The monoisotopic (exact) mass is 428 g/mol. The lowest BCUT2D eigenvalue weighted by molar-refractivity contribution is 0.385. The smallest absolute Gasteiger partial charge is 0.253 e. The second-order valence-corrected chi connectivity index (χ2v) is 10.5. The zero-order chi connectivity index (χ0) is 20.7. The molecule has 0 bridgehead atoms. The first kappa shape index (κ1) is 19.7. The third-order valence-electron chi connectivity index (χ3n) is 6.78. The molecule has 9 heteroatoms. The molecule has 2 aliphatic carbocycles. The van der Waals surface area contributed by atoms with Crippen molar-refractivity contribution in [1.29, 1.82) is 0 Å². The van der Waals surface area contributed by atoms with E-state index < -0.39 is 10.0 Å². The van der Waals surface area contributed by atoms with Gasteiger partial charge in [0.1, 0.15) is 5.82 Å². The molecule has 1 N–H and O–H groups in total. The van der Waals surface area contributed by atoms with Crippen molar-refractivity contribution in [2.24, 2.45) is 16.2 Å². The van der Waals surface area contributed by atoms with Gasteiger partial charge in [-0.15, -0.1) is 10.2 Å². The second kappa shape index (κ2) is 7.76. The molecule has 0 spiro atoms. The Bertz CT molecular complexity index is 1190. The standard InChI is InChI=1S/C21H28N6O2S/c1-2-15-10-16(26-30(28,29)13-14-6-4-3-5-7-14)11-17(15)21-25-24-19-12-23-20-18(27(19)21)8-9-22-20/h8-9,12,14-15,17,22H,2-7,10-11,13H2,1H3/b26-16-/t15-,17+/m1/s1. The Morgan fingerprint density at radius 3 is 2.83 bits per heavy atom. The van der Waals surface area contributed by atoms with Crippen LogP contribution >= 0.6 is 0 Å². The molecule has 0 aromatic carbocycles. The van der Waals surface area contributed by atoms with Gasteiger partial charge in [-0.1, -0.05) is 32.6 Å². The summed E-state index contributed by atoms with van der Waals surface area (Å²) in [5.41, 5.74) is 3.23. The molecule has 3 heterocycles. The van der Waals surface area contributed by atoms with Crippen LogP contribution in [0.3, 0.4) is 0 Å². The summed E-state index contributed by atoms with van der Waals surface area (Å²) in [7, 11) is -3.43. The van der Waals surface area contributed by atoms with Gasteiger partial charge in [0.05, 0.1) is 17.5 Å². The fraction of sp³-hybridized carbons (Fsp3) is 0.619. The maximum atomic E-state index is 12.8. The summed E-state index contributed by atoms with van der Waals surface area (Å²) in [5, 5.41) is 8.80. The Kier molecular flexibility index (Phi) is 5.08. The number of H-pyrrole nitrogens is 1. The molecular formula is C21H28N6O2S. The van der Waals surface area contributed by atoms with Crippen molar-refractivity contribution in [3.05, 3.63) is 24.3 Å². The van der Waals surface area contributed by atoms with Crippen molar-refractivity contribution in [3.8, 4) is 0 Å². The molecule has 0 radical (unpaired) electrons. The molecule has 2 atom stereocenters. The van der Waals surface area contributed by atoms with Gasteiger partial charge in [-0.2, -0.15) is 4.40 Å². The van der Waals surface area contributed by atoms with Crippen molar-refractivity contribution in [2.75, 3.05) is 5.75 Å². The third-order valence-corrected chi connectivity index (χ3v) is 8.21. The van der Waals surface area contributed by atoms with Crippen molar-refractivity contribution < 1.29 is 8.42 Å². The van der Waals surface area contributed by atoms with Crippen LogP contribution in [0.25, 0.3) is 16.8 Å². The van der Waals surface area contributed by atoms with Gasteiger partial charge in [0.15, 0.2) is 11.3 Å². The van der Waals surface area contributed by atoms with E-state index in [-0.39, 0.29) is 17.6 Å². The molecular weight excluding hydrogens is 400 g/mol. The SMILES string of the molecule is CC[C@@H]1C/C(=N/S(=O)(=O)CC2CCCCC2)C[C@@H]1c1nnc2cnc3[nH]ccc3n12.